The molecule has 0 spiro atoms. The van der Waals surface area contributed by atoms with Gasteiger partial charge in [-0.3, -0.25) is 19.6 Å². The van der Waals surface area contributed by atoms with Gasteiger partial charge in [0.2, 0.25) is 5.91 Å². The van der Waals surface area contributed by atoms with Gasteiger partial charge < -0.3 is 10.2 Å². The maximum absolute atomic E-state index is 12.3. The first-order valence-corrected chi connectivity index (χ1v) is 8.41. The molecule has 1 fully saturated rings. The second kappa shape index (κ2) is 7.48. The van der Waals surface area contributed by atoms with Crippen LogP contribution in [-0.2, 0) is 4.79 Å². The van der Waals surface area contributed by atoms with E-state index in [1.54, 1.807) is 11.1 Å². The van der Waals surface area contributed by atoms with E-state index in [2.05, 4.69) is 20.4 Å². The third kappa shape index (κ3) is 4.06. The first-order chi connectivity index (χ1) is 12.0. The van der Waals surface area contributed by atoms with Gasteiger partial charge in [0.1, 0.15) is 0 Å². The van der Waals surface area contributed by atoms with Crippen molar-refractivity contribution in [3.05, 3.63) is 47.3 Å². The normalized spacial score (nSPS) is 15.2. The zero-order valence-electron chi connectivity index (χ0n) is 14.6. The fraction of sp³-hybridized carbons (Fsp3) is 0.389. The molecule has 2 aromatic rings. The number of aryl methyl sites for hydroxylation is 2. The highest BCUT2D eigenvalue weighted by atomic mass is 16.2. The quantitative estimate of drug-likeness (QED) is 0.881. The molecule has 2 N–H and O–H groups in total. The molecule has 0 saturated carbocycles. The fourth-order valence-corrected chi connectivity index (χ4v) is 3.05. The number of H-pyrrole nitrogens is 1. The highest BCUT2D eigenvalue weighted by Crippen LogP contribution is 2.19. The lowest BCUT2D eigenvalue weighted by atomic mass is 10.1. The number of anilines is 1. The standard InChI is InChI=1S/C18H23N5O2/c1-13-4-3-5-14(2)17(13)21-16(24)12-22-6-8-23(9-7-22)18(25)15-10-19-20-11-15/h3-5,10-11H,6-9,12H2,1-2H3,(H,19,20)(H,21,24). The molecule has 2 amide bonds. The maximum atomic E-state index is 12.3. The van der Waals surface area contributed by atoms with Gasteiger partial charge in [0.15, 0.2) is 0 Å². The van der Waals surface area contributed by atoms with Crippen molar-refractivity contribution < 1.29 is 9.59 Å². The van der Waals surface area contributed by atoms with Crippen LogP contribution < -0.4 is 5.32 Å². The van der Waals surface area contributed by atoms with Crippen molar-refractivity contribution in [2.75, 3.05) is 38.0 Å². The lowest BCUT2D eigenvalue weighted by Gasteiger charge is -2.34. The Hall–Kier alpha value is -2.67. The van der Waals surface area contributed by atoms with Gasteiger partial charge in [-0.15, -0.1) is 0 Å². The molecule has 0 bridgehead atoms. The fourth-order valence-electron chi connectivity index (χ4n) is 3.05. The summed E-state index contributed by atoms with van der Waals surface area (Å²) in [6.07, 6.45) is 3.14. The summed E-state index contributed by atoms with van der Waals surface area (Å²) in [7, 11) is 0. The van der Waals surface area contributed by atoms with E-state index in [9.17, 15) is 9.59 Å². The SMILES string of the molecule is Cc1cccc(C)c1NC(=O)CN1CCN(C(=O)c2cn[nH]c2)CC1. The van der Waals surface area contributed by atoms with E-state index in [4.69, 9.17) is 0 Å². The summed E-state index contributed by atoms with van der Waals surface area (Å²) in [5.74, 6) is -0.0413. The Morgan fingerprint density at radius 2 is 1.84 bits per heavy atom. The number of benzene rings is 1. The number of para-hydroxylation sites is 1. The van der Waals surface area contributed by atoms with Crippen molar-refractivity contribution in [3.8, 4) is 0 Å². The minimum absolute atomic E-state index is 0.0200. The molecule has 1 aromatic carbocycles. The van der Waals surface area contributed by atoms with Crippen molar-refractivity contribution in [1.82, 2.24) is 20.0 Å². The van der Waals surface area contributed by atoms with Gasteiger partial charge in [0.25, 0.3) is 5.91 Å². The molecular formula is C18H23N5O2. The molecule has 25 heavy (non-hydrogen) atoms. The second-order valence-corrected chi connectivity index (χ2v) is 6.37. The van der Waals surface area contributed by atoms with Crippen LogP contribution in [0, 0.1) is 13.8 Å². The maximum Gasteiger partial charge on any atom is 0.257 e. The minimum atomic E-state index is -0.0213. The van der Waals surface area contributed by atoms with E-state index < -0.39 is 0 Å². The van der Waals surface area contributed by atoms with Crippen molar-refractivity contribution >= 4 is 17.5 Å². The van der Waals surface area contributed by atoms with Crippen molar-refractivity contribution in [2.45, 2.75) is 13.8 Å². The van der Waals surface area contributed by atoms with Gasteiger partial charge in [-0.25, -0.2) is 0 Å². The number of nitrogens with one attached hydrogen (secondary N) is 2. The molecule has 0 aliphatic carbocycles. The molecule has 1 aliphatic heterocycles. The van der Waals surface area contributed by atoms with Crippen molar-refractivity contribution in [2.24, 2.45) is 0 Å². The molecule has 0 radical (unpaired) electrons. The zero-order valence-corrected chi connectivity index (χ0v) is 14.6. The van der Waals surface area contributed by atoms with Gasteiger partial charge in [-0.2, -0.15) is 5.10 Å². The van der Waals surface area contributed by atoms with Crippen molar-refractivity contribution in [3.63, 3.8) is 0 Å². The van der Waals surface area contributed by atoms with Gasteiger partial charge in [0.05, 0.1) is 18.3 Å². The number of rotatable bonds is 4. The van der Waals surface area contributed by atoms with E-state index >= 15 is 0 Å². The molecule has 0 unspecified atom stereocenters. The summed E-state index contributed by atoms with van der Waals surface area (Å²) < 4.78 is 0. The summed E-state index contributed by atoms with van der Waals surface area (Å²) in [5, 5.41) is 9.48. The smallest absolute Gasteiger partial charge is 0.257 e. The Kier molecular flexibility index (Phi) is 5.14. The third-order valence-electron chi connectivity index (χ3n) is 4.52. The number of aromatic nitrogens is 2. The molecule has 7 nitrogen and oxygen atoms in total. The molecule has 3 rings (SSSR count). The first kappa shape index (κ1) is 17.2. The van der Waals surface area contributed by atoms with Gasteiger partial charge in [-0.05, 0) is 25.0 Å². The van der Waals surface area contributed by atoms with Gasteiger partial charge in [0, 0.05) is 38.1 Å². The van der Waals surface area contributed by atoms with E-state index in [0.717, 1.165) is 16.8 Å². The Balaban J connectivity index is 1.50. The lowest BCUT2D eigenvalue weighted by molar-refractivity contribution is -0.117. The van der Waals surface area contributed by atoms with Crippen LogP contribution in [0.5, 0.6) is 0 Å². The zero-order chi connectivity index (χ0) is 17.8. The van der Waals surface area contributed by atoms with E-state index in [-0.39, 0.29) is 11.8 Å². The van der Waals surface area contributed by atoms with Crippen LogP contribution in [0.4, 0.5) is 5.69 Å². The number of hydrogen-bond donors (Lipinski definition) is 2. The van der Waals surface area contributed by atoms with E-state index in [1.165, 1.54) is 6.20 Å². The van der Waals surface area contributed by atoms with Crippen LogP contribution in [-0.4, -0.2) is 64.5 Å². The number of piperazine rings is 1. The van der Waals surface area contributed by atoms with E-state index in [1.807, 2.05) is 32.0 Å². The summed E-state index contributed by atoms with van der Waals surface area (Å²) in [6.45, 7) is 6.90. The average Bonchev–Trinajstić information content (AvgIpc) is 3.13. The predicted octanol–water partition coefficient (Wildman–Crippen LogP) is 1.42. The largest absolute Gasteiger partial charge is 0.336 e. The molecule has 1 aromatic heterocycles. The predicted molar refractivity (Wildman–Crippen MR) is 95.5 cm³/mol. The van der Waals surface area contributed by atoms with Crippen LogP contribution >= 0.6 is 0 Å². The Morgan fingerprint density at radius 1 is 1.16 bits per heavy atom. The highest BCUT2D eigenvalue weighted by Gasteiger charge is 2.23. The molecule has 1 aliphatic rings. The number of aromatic amines is 1. The molecular weight excluding hydrogens is 318 g/mol. The summed E-state index contributed by atoms with van der Waals surface area (Å²) in [6, 6.07) is 5.96. The van der Waals surface area contributed by atoms with Crippen molar-refractivity contribution in [1.29, 1.82) is 0 Å². The molecule has 132 valence electrons. The Bertz CT molecular complexity index is 729. The van der Waals surface area contributed by atoms with Crippen LogP contribution in [0.15, 0.2) is 30.6 Å². The molecule has 0 atom stereocenters. The average molecular weight is 341 g/mol. The molecule has 7 heteroatoms. The first-order valence-electron chi connectivity index (χ1n) is 8.41. The number of hydrogen-bond acceptors (Lipinski definition) is 4. The Morgan fingerprint density at radius 3 is 2.44 bits per heavy atom. The molecule has 1 saturated heterocycles. The van der Waals surface area contributed by atoms with Crippen LogP contribution in [0.2, 0.25) is 0 Å². The van der Waals surface area contributed by atoms with Gasteiger partial charge in [-0.1, -0.05) is 18.2 Å². The lowest BCUT2D eigenvalue weighted by Crippen LogP contribution is -2.50. The molecule has 2 heterocycles. The van der Waals surface area contributed by atoms with Gasteiger partial charge >= 0.3 is 0 Å². The number of nitrogens with zero attached hydrogens (tertiary/aromatic N) is 3. The number of carbonyl (C=O) groups is 2. The third-order valence-corrected chi connectivity index (χ3v) is 4.52. The number of amides is 2. The monoisotopic (exact) mass is 341 g/mol. The highest BCUT2D eigenvalue weighted by molar-refractivity contribution is 5.94. The van der Waals surface area contributed by atoms with Crippen LogP contribution in [0.25, 0.3) is 0 Å². The topological polar surface area (TPSA) is 81.3 Å². The Labute approximate surface area is 147 Å². The number of carbonyl (C=O) groups excluding carboxylic acids is 2. The minimum Gasteiger partial charge on any atom is -0.336 e. The summed E-state index contributed by atoms with van der Waals surface area (Å²) in [5.41, 5.74) is 3.58. The second-order valence-electron chi connectivity index (χ2n) is 6.37. The summed E-state index contributed by atoms with van der Waals surface area (Å²) >= 11 is 0. The van der Waals surface area contributed by atoms with Crippen LogP contribution in [0.1, 0.15) is 21.5 Å². The van der Waals surface area contributed by atoms with E-state index in [0.29, 0.717) is 38.3 Å². The van der Waals surface area contributed by atoms with Crippen LogP contribution in [0.3, 0.4) is 0 Å². The summed E-state index contributed by atoms with van der Waals surface area (Å²) in [4.78, 5) is 28.5.